The van der Waals surface area contributed by atoms with E-state index in [9.17, 15) is 9.59 Å². The van der Waals surface area contributed by atoms with Gasteiger partial charge in [0.15, 0.2) is 0 Å². The van der Waals surface area contributed by atoms with Crippen molar-refractivity contribution in [2.75, 3.05) is 26.1 Å². The van der Waals surface area contributed by atoms with Gasteiger partial charge in [0, 0.05) is 23.9 Å². The van der Waals surface area contributed by atoms with Gasteiger partial charge in [-0.2, -0.15) is 0 Å². The molecule has 2 fully saturated rings. The molecule has 4 heterocycles. The first-order valence-electron chi connectivity index (χ1n) is 9.75. The number of carbonyl (C=O) groups is 2. The maximum atomic E-state index is 13.2. The van der Waals surface area contributed by atoms with Crippen LogP contribution in [0.5, 0.6) is 11.5 Å². The van der Waals surface area contributed by atoms with Gasteiger partial charge in [-0.25, -0.2) is 0 Å². The van der Waals surface area contributed by atoms with Gasteiger partial charge in [0.2, 0.25) is 11.8 Å². The minimum atomic E-state index is -0.761. The number of nitrogens with one attached hydrogen (secondary N) is 1. The van der Waals surface area contributed by atoms with Crippen molar-refractivity contribution in [3.63, 3.8) is 0 Å². The average Bonchev–Trinajstić information content (AvgIpc) is 3.51. The minimum absolute atomic E-state index is 0.0957. The van der Waals surface area contributed by atoms with Gasteiger partial charge in [-0.1, -0.05) is 12.2 Å². The Morgan fingerprint density at radius 3 is 2.70 bits per heavy atom. The average molecular weight is 410 g/mol. The highest BCUT2D eigenvalue weighted by Crippen LogP contribution is 2.52. The summed E-state index contributed by atoms with van der Waals surface area (Å²) in [5.41, 5.74) is -0.225. The van der Waals surface area contributed by atoms with Crippen LogP contribution in [0.25, 0.3) is 0 Å². The maximum Gasteiger partial charge on any atom is 0.231 e. The van der Waals surface area contributed by atoms with E-state index in [-0.39, 0.29) is 11.8 Å². The zero-order valence-electron chi connectivity index (χ0n) is 16.7. The molecule has 0 radical (unpaired) electrons. The van der Waals surface area contributed by atoms with E-state index in [1.54, 1.807) is 49.6 Å². The Bertz CT molecular complexity index is 994. The predicted molar refractivity (Wildman–Crippen MR) is 106 cm³/mol. The Hall–Kier alpha value is -3.26. The largest absolute Gasteiger partial charge is 0.497 e. The van der Waals surface area contributed by atoms with E-state index in [1.807, 2.05) is 18.2 Å². The summed E-state index contributed by atoms with van der Waals surface area (Å²) in [6.45, 7) is 0.758. The Morgan fingerprint density at radius 1 is 1.27 bits per heavy atom. The number of furan rings is 1. The molecule has 0 saturated carbocycles. The predicted octanol–water partition coefficient (Wildman–Crippen LogP) is 2.22. The van der Waals surface area contributed by atoms with Crippen molar-refractivity contribution in [2.45, 2.75) is 18.2 Å². The van der Waals surface area contributed by atoms with Gasteiger partial charge in [0.1, 0.15) is 22.9 Å². The Balaban J connectivity index is 1.38. The van der Waals surface area contributed by atoms with E-state index < -0.39 is 23.5 Å². The third-order valence-corrected chi connectivity index (χ3v) is 6.03. The van der Waals surface area contributed by atoms with Crippen molar-refractivity contribution in [3.05, 3.63) is 54.5 Å². The third-order valence-electron chi connectivity index (χ3n) is 6.03. The van der Waals surface area contributed by atoms with Crippen LogP contribution in [-0.4, -0.2) is 49.2 Å². The van der Waals surface area contributed by atoms with Gasteiger partial charge in [-0.05, 0) is 12.1 Å². The summed E-state index contributed by atoms with van der Waals surface area (Å²) in [5.74, 6) is 0.291. The van der Waals surface area contributed by atoms with Gasteiger partial charge in [0.05, 0.1) is 51.5 Å². The van der Waals surface area contributed by atoms with Gasteiger partial charge in [-0.3, -0.25) is 9.59 Å². The summed E-state index contributed by atoms with van der Waals surface area (Å²) < 4.78 is 22.1. The summed E-state index contributed by atoms with van der Waals surface area (Å²) in [7, 11) is 3.09. The van der Waals surface area contributed by atoms with Crippen LogP contribution in [-0.2, 0) is 20.9 Å². The summed E-state index contributed by atoms with van der Waals surface area (Å²) >= 11 is 0. The molecule has 1 spiro atoms. The summed E-state index contributed by atoms with van der Waals surface area (Å²) in [5, 5.41) is 2.91. The fourth-order valence-corrected chi connectivity index (χ4v) is 4.71. The number of carbonyl (C=O) groups excluding carboxylic acids is 2. The van der Waals surface area contributed by atoms with E-state index >= 15 is 0 Å². The molecule has 1 N–H and O–H groups in total. The van der Waals surface area contributed by atoms with E-state index in [2.05, 4.69) is 5.32 Å². The lowest BCUT2D eigenvalue weighted by Gasteiger charge is -2.23. The van der Waals surface area contributed by atoms with Crippen molar-refractivity contribution < 1.29 is 28.2 Å². The van der Waals surface area contributed by atoms with Gasteiger partial charge < -0.3 is 28.8 Å². The first-order valence-corrected chi connectivity index (χ1v) is 9.75. The molecule has 5 rings (SSSR count). The molecule has 0 aliphatic carbocycles. The van der Waals surface area contributed by atoms with Crippen LogP contribution in [0.4, 0.5) is 5.69 Å². The normalized spacial score (nSPS) is 28.7. The second-order valence-corrected chi connectivity index (χ2v) is 7.76. The summed E-state index contributed by atoms with van der Waals surface area (Å²) in [6.07, 6.45) is 4.98. The Labute approximate surface area is 173 Å². The monoisotopic (exact) mass is 410 g/mol. The first kappa shape index (κ1) is 18.7. The molecule has 30 heavy (non-hydrogen) atoms. The number of hydrogen-bond donors (Lipinski definition) is 1. The standard InChI is InChI=1S/C22H22N2O6/c1-27-15-8-13(9-16(10-15)28-2)23-20(25)18-17-5-6-22(30-17)12-24(21(26)19(18)22)11-14-4-3-7-29-14/h3-10,17-19H,11-12H2,1-2H3,(H,23,25)/t17-,18-,19+,22-/m1/s1. The van der Waals surface area contributed by atoms with Gasteiger partial charge in [-0.15, -0.1) is 0 Å². The lowest BCUT2D eigenvalue weighted by atomic mass is 9.77. The van der Waals surface area contributed by atoms with Crippen molar-refractivity contribution >= 4 is 17.5 Å². The van der Waals surface area contributed by atoms with E-state index in [1.165, 1.54) is 0 Å². The number of methoxy groups -OCH3 is 2. The highest BCUT2D eigenvalue weighted by Gasteiger charge is 2.66. The van der Waals surface area contributed by atoms with Crippen molar-refractivity contribution in [1.82, 2.24) is 4.90 Å². The molecule has 8 nitrogen and oxygen atoms in total. The fourth-order valence-electron chi connectivity index (χ4n) is 4.71. The lowest BCUT2D eigenvalue weighted by molar-refractivity contribution is -0.136. The van der Waals surface area contributed by atoms with E-state index in [0.29, 0.717) is 36.0 Å². The number of likely N-dealkylation sites (tertiary alicyclic amines) is 1. The second kappa shape index (κ2) is 6.91. The smallest absolute Gasteiger partial charge is 0.231 e. The van der Waals surface area contributed by atoms with Crippen LogP contribution in [0.15, 0.2) is 53.2 Å². The molecular formula is C22H22N2O6. The number of nitrogens with zero attached hydrogens (tertiary/aromatic N) is 1. The van der Waals surface area contributed by atoms with Crippen LogP contribution in [0, 0.1) is 11.8 Å². The Kier molecular flexibility index (Phi) is 4.32. The molecule has 2 saturated heterocycles. The molecule has 0 unspecified atom stereocenters. The SMILES string of the molecule is COc1cc(NC(=O)[C@H]2[C@H]3C(=O)N(Cc4ccco4)C[C@]34C=C[C@H]2O4)cc(OC)c1. The number of amides is 2. The highest BCUT2D eigenvalue weighted by molar-refractivity contribution is 5.99. The van der Waals surface area contributed by atoms with Crippen LogP contribution >= 0.6 is 0 Å². The molecule has 1 aromatic heterocycles. The molecule has 2 bridgehead atoms. The molecule has 3 aliphatic rings. The minimum Gasteiger partial charge on any atom is -0.497 e. The molecule has 1 aromatic carbocycles. The molecular weight excluding hydrogens is 388 g/mol. The zero-order chi connectivity index (χ0) is 20.9. The lowest BCUT2D eigenvalue weighted by Crippen LogP contribution is -2.41. The topological polar surface area (TPSA) is 90.2 Å². The van der Waals surface area contributed by atoms with Crippen molar-refractivity contribution in [3.8, 4) is 11.5 Å². The quantitative estimate of drug-likeness (QED) is 0.735. The zero-order valence-corrected chi connectivity index (χ0v) is 16.7. The molecule has 3 aliphatic heterocycles. The summed E-state index contributed by atoms with van der Waals surface area (Å²) in [4.78, 5) is 28.1. The molecule has 4 atom stereocenters. The second-order valence-electron chi connectivity index (χ2n) is 7.76. The number of rotatable bonds is 6. The highest BCUT2D eigenvalue weighted by atomic mass is 16.5. The van der Waals surface area contributed by atoms with Crippen LogP contribution < -0.4 is 14.8 Å². The van der Waals surface area contributed by atoms with E-state index in [0.717, 1.165) is 0 Å². The van der Waals surface area contributed by atoms with Crippen LogP contribution in [0.3, 0.4) is 0 Å². The van der Waals surface area contributed by atoms with Crippen molar-refractivity contribution in [2.24, 2.45) is 11.8 Å². The van der Waals surface area contributed by atoms with E-state index in [4.69, 9.17) is 18.6 Å². The third kappa shape index (κ3) is 2.87. The fraction of sp³-hybridized carbons (Fsp3) is 0.364. The molecule has 2 amide bonds. The number of anilines is 1. The van der Waals surface area contributed by atoms with Crippen LogP contribution in [0.1, 0.15) is 5.76 Å². The van der Waals surface area contributed by atoms with Crippen molar-refractivity contribution in [1.29, 1.82) is 0 Å². The number of hydrogen-bond acceptors (Lipinski definition) is 6. The number of ether oxygens (including phenoxy) is 3. The van der Waals surface area contributed by atoms with Gasteiger partial charge in [0.25, 0.3) is 0 Å². The number of benzene rings is 1. The molecule has 8 heteroatoms. The van der Waals surface area contributed by atoms with Crippen LogP contribution in [0.2, 0.25) is 0 Å². The Morgan fingerprint density at radius 2 is 2.03 bits per heavy atom. The summed E-state index contributed by atoms with van der Waals surface area (Å²) in [6, 6.07) is 8.75. The molecule has 156 valence electrons. The first-order chi connectivity index (χ1) is 14.5. The number of fused-ring (bicyclic) bond motifs is 1. The molecule has 2 aromatic rings. The maximum absolute atomic E-state index is 13.2. The van der Waals surface area contributed by atoms with Gasteiger partial charge >= 0.3 is 0 Å².